The number of nitrogens with one attached hydrogen (secondary N) is 2. The molecule has 7 nitrogen and oxygen atoms in total. The maximum atomic E-state index is 12.5. The minimum absolute atomic E-state index is 0.0870. The van der Waals surface area contributed by atoms with E-state index in [1.54, 1.807) is 20.8 Å². The zero-order valence-corrected chi connectivity index (χ0v) is 15.7. The van der Waals surface area contributed by atoms with Crippen molar-refractivity contribution >= 4 is 18.0 Å². The summed E-state index contributed by atoms with van der Waals surface area (Å²) in [7, 11) is 0. The quantitative estimate of drug-likeness (QED) is 0.625. The van der Waals surface area contributed by atoms with E-state index >= 15 is 0 Å². The van der Waals surface area contributed by atoms with E-state index in [-0.39, 0.29) is 18.4 Å². The number of carbonyl (C=O) groups is 3. The van der Waals surface area contributed by atoms with Crippen LogP contribution in [-0.2, 0) is 20.9 Å². The molecule has 3 atom stereocenters. The molecular weight excluding hydrogens is 336 g/mol. The molecule has 0 fully saturated rings. The van der Waals surface area contributed by atoms with Crippen LogP contribution in [0.1, 0.15) is 39.7 Å². The van der Waals surface area contributed by atoms with Gasteiger partial charge in [-0.15, -0.1) is 0 Å². The fourth-order valence-electron chi connectivity index (χ4n) is 2.35. The van der Waals surface area contributed by atoms with Gasteiger partial charge in [0.05, 0.1) is 0 Å². The van der Waals surface area contributed by atoms with Gasteiger partial charge in [0.1, 0.15) is 18.7 Å². The normalized spacial score (nSPS) is 14.2. The van der Waals surface area contributed by atoms with Crippen molar-refractivity contribution in [2.75, 3.05) is 0 Å². The van der Waals surface area contributed by atoms with Crippen LogP contribution in [0.25, 0.3) is 0 Å². The van der Waals surface area contributed by atoms with Crippen molar-refractivity contribution in [2.24, 2.45) is 11.8 Å². The number of carboxylic acids is 1. The van der Waals surface area contributed by atoms with Crippen LogP contribution in [0, 0.1) is 11.8 Å². The van der Waals surface area contributed by atoms with E-state index in [0.29, 0.717) is 6.42 Å². The number of benzene rings is 1. The zero-order valence-electron chi connectivity index (χ0n) is 15.7. The van der Waals surface area contributed by atoms with Crippen molar-refractivity contribution in [3.8, 4) is 0 Å². The Morgan fingerprint density at radius 3 is 2.15 bits per heavy atom. The topological polar surface area (TPSA) is 105 Å². The van der Waals surface area contributed by atoms with Crippen molar-refractivity contribution in [1.82, 2.24) is 10.6 Å². The van der Waals surface area contributed by atoms with Crippen LogP contribution in [0.4, 0.5) is 4.79 Å². The lowest BCUT2D eigenvalue weighted by Crippen LogP contribution is -2.55. The SMILES string of the molecule is CC[C@H](C)C(NC(=O)[C@@H](NC(=O)OCc1ccccc1)C(C)C)C(=O)O. The highest BCUT2D eigenvalue weighted by Crippen LogP contribution is 2.10. The Kier molecular flexibility index (Phi) is 8.61. The summed E-state index contributed by atoms with van der Waals surface area (Å²) in [4.78, 5) is 35.9. The molecule has 0 saturated heterocycles. The molecule has 1 unspecified atom stereocenters. The lowest BCUT2D eigenvalue weighted by molar-refractivity contribution is -0.143. The molecular formula is C19H28N2O5. The lowest BCUT2D eigenvalue weighted by atomic mass is 9.97. The molecule has 0 aromatic heterocycles. The molecule has 0 spiro atoms. The standard InChI is InChI=1S/C19H28N2O5/c1-5-13(4)16(18(23)24)20-17(22)15(12(2)3)21-19(25)26-11-14-9-7-6-8-10-14/h6-10,12-13,15-16H,5,11H2,1-4H3,(H,20,22)(H,21,25)(H,23,24)/t13-,15-,16?/m0/s1. The Morgan fingerprint density at radius 2 is 1.65 bits per heavy atom. The molecule has 144 valence electrons. The number of aliphatic carboxylic acids is 1. The highest BCUT2D eigenvalue weighted by molar-refractivity contribution is 5.89. The van der Waals surface area contributed by atoms with Gasteiger partial charge in [-0.05, 0) is 17.4 Å². The molecule has 0 bridgehead atoms. The first kappa shape index (κ1) is 21.5. The summed E-state index contributed by atoms with van der Waals surface area (Å²) < 4.78 is 5.13. The molecule has 26 heavy (non-hydrogen) atoms. The van der Waals surface area contributed by atoms with Crippen molar-refractivity contribution in [3.05, 3.63) is 35.9 Å². The van der Waals surface area contributed by atoms with Gasteiger partial charge in [0, 0.05) is 0 Å². The van der Waals surface area contributed by atoms with E-state index in [1.165, 1.54) is 0 Å². The van der Waals surface area contributed by atoms with Gasteiger partial charge in [-0.3, -0.25) is 4.79 Å². The summed E-state index contributed by atoms with van der Waals surface area (Å²) in [6.07, 6.45) is -0.117. The number of amides is 2. The van der Waals surface area contributed by atoms with Crippen LogP contribution in [0.15, 0.2) is 30.3 Å². The average Bonchev–Trinajstić information content (AvgIpc) is 2.61. The van der Waals surface area contributed by atoms with E-state index < -0.39 is 30.1 Å². The second kappa shape index (κ2) is 10.4. The van der Waals surface area contributed by atoms with Gasteiger partial charge in [0.2, 0.25) is 5.91 Å². The number of alkyl carbamates (subject to hydrolysis) is 1. The van der Waals surface area contributed by atoms with Crippen LogP contribution in [-0.4, -0.2) is 35.2 Å². The first-order valence-corrected chi connectivity index (χ1v) is 8.76. The minimum atomic E-state index is -1.10. The van der Waals surface area contributed by atoms with Crippen LogP contribution in [0.3, 0.4) is 0 Å². The van der Waals surface area contributed by atoms with Gasteiger partial charge in [-0.2, -0.15) is 0 Å². The number of hydrogen-bond acceptors (Lipinski definition) is 4. The van der Waals surface area contributed by atoms with Gasteiger partial charge in [0.25, 0.3) is 0 Å². The minimum Gasteiger partial charge on any atom is -0.480 e. The van der Waals surface area contributed by atoms with Crippen molar-refractivity contribution in [3.63, 3.8) is 0 Å². The number of hydrogen-bond donors (Lipinski definition) is 3. The summed E-state index contributed by atoms with van der Waals surface area (Å²) >= 11 is 0. The fourth-order valence-corrected chi connectivity index (χ4v) is 2.35. The smallest absolute Gasteiger partial charge is 0.408 e. The predicted octanol–water partition coefficient (Wildman–Crippen LogP) is 2.55. The lowest BCUT2D eigenvalue weighted by Gasteiger charge is -2.26. The van der Waals surface area contributed by atoms with Gasteiger partial charge < -0.3 is 20.5 Å². The summed E-state index contributed by atoms with van der Waals surface area (Å²) in [5, 5.41) is 14.4. The van der Waals surface area contributed by atoms with Crippen molar-refractivity contribution in [1.29, 1.82) is 0 Å². The molecule has 1 rings (SSSR count). The number of ether oxygens (including phenoxy) is 1. The molecule has 2 amide bonds. The Bertz CT molecular complexity index is 603. The zero-order chi connectivity index (χ0) is 19.7. The summed E-state index contributed by atoms with van der Waals surface area (Å²) in [6, 6.07) is 7.29. The van der Waals surface area contributed by atoms with E-state index in [9.17, 15) is 19.5 Å². The molecule has 0 aliphatic heterocycles. The molecule has 1 aromatic carbocycles. The molecule has 0 radical (unpaired) electrons. The Labute approximate surface area is 154 Å². The van der Waals surface area contributed by atoms with Crippen LogP contribution in [0.5, 0.6) is 0 Å². The molecule has 7 heteroatoms. The van der Waals surface area contributed by atoms with E-state index in [2.05, 4.69) is 10.6 Å². The average molecular weight is 364 g/mol. The van der Waals surface area contributed by atoms with Crippen LogP contribution < -0.4 is 10.6 Å². The Balaban J connectivity index is 2.67. The van der Waals surface area contributed by atoms with Gasteiger partial charge in [-0.1, -0.05) is 64.4 Å². The van der Waals surface area contributed by atoms with Crippen molar-refractivity contribution < 1.29 is 24.2 Å². The number of carbonyl (C=O) groups excluding carboxylic acids is 2. The molecule has 0 heterocycles. The highest BCUT2D eigenvalue weighted by Gasteiger charge is 2.31. The van der Waals surface area contributed by atoms with E-state index in [4.69, 9.17) is 4.74 Å². The Hall–Kier alpha value is -2.57. The van der Waals surface area contributed by atoms with Crippen LogP contribution >= 0.6 is 0 Å². The molecule has 0 aliphatic carbocycles. The number of rotatable bonds is 9. The molecule has 1 aromatic rings. The summed E-state index contributed by atoms with van der Waals surface area (Å²) in [5.74, 6) is -2.09. The second-order valence-electron chi connectivity index (χ2n) is 6.64. The monoisotopic (exact) mass is 364 g/mol. The third-order valence-electron chi connectivity index (χ3n) is 4.21. The highest BCUT2D eigenvalue weighted by atomic mass is 16.5. The summed E-state index contributed by atoms with van der Waals surface area (Å²) in [5.41, 5.74) is 0.830. The maximum Gasteiger partial charge on any atom is 0.408 e. The fraction of sp³-hybridized carbons (Fsp3) is 0.526. The molecule has 0 aliphatic rings. The maximum absolute atomic E-state index is 12.5. The Morgan fingerprint density at radius 1 is 1.04 bits per heavy atom. The van der Waals surface area contributed by atoms with Crippen molar-refractivity contribution in [2.45, 2.75) is 52.8 Å². The summed E-state index contributed by atoms with van der Waals surface area (Å²) in [6.45, 7) is 7.22. The second-order valence-corrected chi connectivity index (χ2v) is 6.64. The van der Waals surface area contributed by atoms with Crippen LogP contribution in [0.2, 0.25) is 0 Å². The van der Waals surface area contributed by atoms with Gasteiger partial charge in [0.15, 0.2) is 0 Å². The third-order valence-corrected chi connectivity index (χ3v) is 4.21. The number of carboxylic acid groups (broad SMARTS) is 1. The van der Waals surface area contributed by atoms with E-state index in [0.717, 1.165) is 5.56 Å². The van der Waals surface area contributed by atoms with Gasteiger partial charge >= 0.3 is 12.1 Å². The first-order chi connectivity index (χ1) is 12.3. The predicted molar refractivity (Wildman–Crippen MR) is 97.4 cm³/mol. The van der Waals surface area contributed by atoms with Gasteiger partial charge in [-0.25, -0.2) is 9.59 Å². The largest absolute Gasteiger partial charge is 0.480 e. The first-order valence-electron chi connectivity index (χ1n) is 8.76. The van der Waals surface area contributed by atoms with E-state index in [1.807, 2.05) is 37.3 Å². The molecule has 0 saturated carbocycles. The third kappa shape index (κ3) is 6.74. The molecule has 3 N–H and O–H groups in total.